The third-order valence-corrected chi connectivity index (χ3v) is 3.40. The van der Waals surface area contributed by atoms with Crippen molar-refractivity contribution in [1.29, 1.82) is 0 Å². The molecule has 1 fully saturated rings. The largest absolute Gasteiger partial charge is 0.406 e. The predicted octanol–water partition coefficient (Wildman–Crippen LogP) is 1.09. The van der Waals surface area contributed by atoms with Crippen LogP contribution in [0.15, 0.2) is 0 Å². The molecule has 110 valence electrons. The molecule has 1 aliphatic heterocycles. The topological polar surface area (TPSA) is 75.4 Å². The van der Waals surface area contributed by atoms with Crippen LogP contribution in [-0.4, -0.2) is 42.1 Å². The van der Waals surface area contributed by atoms with Crippen LogP contribution in [0.2, 0.25) is 0 Å². The van der Waals surface area contributed by atoms with Gasteiger partial charge in [0.25, 0.3) is 0 Å². The first kappa shape index (κ1) is 15.6. The van der Waals surface area contributed by atoms with Gasteiger partial charge in [0.05, 0.1) is 5.92 Å². The molecule has 1 saturated heterocycles. The van der Waals surface area contributed by atoms with Gasteiger partial charge in [0.2, 0.25) is 5.91 Å². The van der Waals surface area contributed by atoms with Gasteiger partial charge in [0.15, 0.2) is 0 Å². The number of rotatable bonds is 3. The zero-order valence-corrected chi connectivity index (χ0v) is 10.8. The monoisotopic (exact) mass is 281 g/mol. The van der Waals surface area contributed by atoms with Gasteiger partial charge in [0.1, 0.15) is 6.54 Å². The number of carbonyl (C=O) groups is 2. The fraction of sp³-hybridized carbons (Fsp3) is 0.818. The Hall–Kier alpha value is -1.47. The number of hydrogen-bond donors (Lipinski definition) is 2. The molecule has 3 amide bonds. The van der Waals surface area contributed by atoms with Gasteiger partial charge in [-0.1, -0.05) is 13.8 Å². The van der Waals surface area contributed by atoms with E-state index in [9.17, 15) is 22.8 Å². The van der Waals surface area contributed by atoms with Crippen LogP contribution in [-0.2, 0) is 4.79 Å². The van der Waals surface area contributed by atoms with Gasteiger partial charge in [-0.25, -0.2) is 4.79 Å². The van der Waals surface area contributed by atoms with E-state index in [0.29, 0.717) is 11.3 Å². The van der Waals surface area contributed by atoms with Gasteiger partial charge in [-0.2, -0.15) is 13.2 Å². The minimum Gasteiger partial charge on any atom is -0.369 e. The molecule has 0 bridgehead atoms. The number of nitrogens with one attached hydrogen (secondary N) is 1. The van der Waals surface area contributed by atoms with Gasteiger partial charge >= 0.3 is 12.2 Å². The van der Waals surface area contributed by atoms with Crippen LogP contribution < -0.4 is 11.1 Å². The summed E-state index contributed by atoms with van der Waals surface area (Å²) in [6.07, 6.45) is -4.05. The van der Waals surface area contributed by atoms with Crippen LogP contribution in [0.1, 0.15) is 20.3 Å². The smallest absolute Gasteiger partial charge is 0.369 e. The van der Waals surface area contributed by atoms with E-state index in [1.807, 2.05) is 0 Å². The fourth-order valence-corrected chi connectivity index (χ4v) is 2.18. The second-order valence-electron chi connectivity index (χ2n) is 4.97. The second kappa shape index (κ2) is 5.66. The Morgan fingerprint density at radius 1 is 1.58 bits per heavy atom. The Morgan fingerprint density at radius 2 is 2.16 bits per heavy atom. The number of nitrogens with zero attached hydrogens (tertiary/aromatic N) is 1. The molecule has 1 aliphatic rings. The SMILES string of the molecule is CC1CCN(CC(F)(F)F)C(=O)NC1[C@H](C)C(N)=O. The van der Waals surface area contributed by atoms with E-state index in [1.165, 1.54) is 0 Å². The van der Waals surface area contributed by atoms with Crippen molar-refractivity contribution in [2.75, 3.05) is 13.1 Å². The van der Waals surface area contributed by atoms with Gasteiger partial charge < -0.3 is 16.0 Å². The molecule has 0 aromatic carbocycles. The Kier molecular flexibility index (Phi) is 4.65. The highest BCUT2D eigenvalue weighted by Crippen LogP contribution is 2.23. The molecule has 0 aliphatic carbocycles. The van der Waals surface area contributed by atoms with Crippen molar-refractivity contribution in [1.82, 2.24) is 10.2 Å². The standard InChI is InChI=1S/C11H18F3N3O2/c1-6-3-4-17(5-11(12,13)14)10(19)16-8(6)7(2)9(15)18/h6-8H,3-5H2,1-2H3,(H2,15,18)(H,16,19)/t6?,7-,8?/m0/s1. The highest BCUT2D eigenvalue weighted by molar-refractivity contribution is 5.80. The first-order valence-electron chi connectivity index (χ1n) is 6.03. The summed E-state index contributed by atoms with van der Waals surface area (Å²) in [5.74, 6) is -1.32. The van der Waals surface area contributed by atoms with Crippen LogP contribution in [0.3, 0.4) is 0 Å². The van der Waals surface area contributed by atoms with Crippen molar-refractivity contribution in [3.63, 3.8) is 0 Å². The minimum atomic E-state index is -4.43. The van der Waals surface area contributed by atoms with Gasteiger partial charge in [-0.15, -0.1) is 0 Å². The van der Waals surface area contributed by atoms with Crippen molar-refractivity contribution in [2.24, 2.45) is 17.6 Å². The lowest BCUT2D eigenvalue weighted by Crippen LogP contribution is -2.50. The van der Waals surface area contributed by atoms with E-state index >= 15 is 0 Å². The summed E-state index contributed by atoms with van der Waals surface area (Å²) in [6.45, 7) is 2.06. The summed E-state index contributed by atoms with van der Waals surface area (Å²) >= 11 is 0. The number of primary amides is 1. The summed E-state index contributed by atoms with van der Waals surface area (Å²) in [4.78, 5) is 23.6. The molecule has 0 aromatic rings. The summed E-state index contributed by atoms with van der Waals surface area (Å²) in [6, 6.07) is -1.34. The van der Waals surface area contributed by atoms with Crippen LogP contribution in [0.4, 0.5) is 18.0 Å². The van der Waals surface area contributed by atoms with E-state index in [2.05, 4.69) is 5.32 Å². The lowest BCUT2D eigenvalue weighted by atomic mass is 9.88. The third-order valence-electron chi connectivity index (χ3n) is 3.40. The maximum Gasteiger partial charge on any atom is 0.406 e. The molecule has 3 N–H and O–H groups in total. The van der Waals surface area contributed by atoms with E-state index < -0.39 is 36.6 Å². The van der Waals surface area contributed by atoms with Crippen molar-refractivity contribution >= 4 is 11.9 Å². The molecular formula is C11H18F3N3O2. The normalized spacial score (nSPS) is 26.6. The number of alkyl halides is 3. The molecular weight excluding hydrogens is 263 g/mol. The number of nitrogens with two attached hydrogens (primary N) is 1. The zero-order valence-electron chi connectivity index (χ0n) is 10.8. The Balaban J connectivity index is 2.79. The van der Waals surface area contributed by atoms with Crippen LogP contribution in [0.25, 0.3) is 0 Å². The number of halogens is 3. The first-order valence-corrected chi connectivity index (χ1v) is 6.03. The number of urea groups is 1. The van der Waals surface area contributed by atoms with Gasteiger partial charge in [0, 0.05) is 12.6 Å². The summed E-state index contributed by atoms with van der Waals surface area (Å²) in [5.41, 5.74) is 5.18. The van der Waals surface area contributed by atoms with Gasteiger partial charge in [-0.3, -0.25) is 4.79 Å². The maximum absolute atomic E-state index is 12.3. The predicted molar refractivity (Wildman–Crippen MR) is 62.1 cm³/mol. The van der Waals surface area contributed by atoms with Crippen LogP contribution in [0.5, 0.6) is 0 Å². The molecule has 0 spiro atoms. The molecule has 8 heteroatoms. The molecule has 3 atom stereocenters. The van der Waals surface area contributed by atoms with Gasteiger partial charge in [-0.05, 0) is 12.3 Å². The third kappa shape index (κ3) is 4.29. The van der Waals surface area contributed by atoms with Crippen molar-refractivity contribution in [3.05, 3.63) is 0 Å². The average Bonchev–Trinajstić information content (AvgIpc) is 2.39. The maximum atomic E-state index is 12.3. The highest BCUT2D eigenvalue weighted by Gasteiger charge is 2.38. The van der Waals surface area contributed by atoms with E-state index in [4.69, 9.17) is 5.73 Å². The fourth-order valence-electron chi connectivity index (χ4n) is 2.18. The number of hydrogen-bond acceptors (Lipinski definition) is 2. The Labute approximate surface area is 109 Å². The van der Waals surface area contributed by atoms with Crippen LogP contribution in [0, 0.1) is 11.8 Å². The molecule has 0 aromatic heterocycles. The Bertz CT molecular complexity index is 360. The highest BCUT2D eigenvalue weighted by atomic mass is 19.4. The lowest BCUT2D eigenvalue weighted by Gasteiger charge is -2.26. The molecule has 5 nitrogen and oxygen atoms in total. The lowest BCUT2D eigenvalue weighted by molar-refractivity contribution is -0.139. The van der Waals surface area contributed by atoms with E-state index in [0.717, 1.165) is 0 Å². The zero-order chi connectivity index (χ0) is 14.8. The minimum absolute atomic E-state index is 0.00842. The van der Waals surface area contributed by atoms with Crippen molar-refractivity contribution in [3.8, 4) is 0 Å². The van der Waals surface area contributed by atoms with E-state index in [1.54, 1.807) is 13.8 Å². The van der Waals surface area contributed by atoms with E-state index in [-0.39, 0.29) is 12.5 Å². The number of amides is 3. The van der Waals surface area contributed by atoms with Crippen molar-refractivity contribution < 1.29 is 22.8 Å². The van der Waals surface area contributed by atoms with Crippen molar-refractivity contribution in [2.45, 2.75) is 32.5 Å². The molecule has 0 radical (unpaired) electrons. The molecule has 1 rings (SSSR count). The first-order chi connectivity index (χ1) is 8.61. The summed E-state index contributed by atoms with van der Waals surface area (Å²) in [7, 11) is 0. The van der Waals surface area contributed by atoms with Crippen LogP contribution >= 0.6 is 0 Å². The summed E-state index contributed by atoms with van der Waals surface area (Å²) in [5, 5.41) is 2.47. The quantitative estimate of drug-likeness (QED) is 0.812. The number of carbonyl (C=O) groups excluding carboxylic acids is 2. The summed E-state index contributed by atoms with van der Waals surface area (Å²) < 4.78 is 37.0. The second-order valence-corrected chi connectivity index (χ2v) is 4.97. The Morgan fingerprint density at radius 3 is 2.63 bits per heavy atom. The average molecular weight is 281 g/mol. The molecule has 1 heterocycles. The molecule has 2 unspecified atom stereocenters. The molecule has 0 saturated carbocycles. The molecule has 19 heavy (non-hydrogen) atoms.